The van der Waals surface area contributed by atoms with Crippen molar-refractivity contribution >= 4 is 28.8 Å². The first-order valence-electron chi connectivity index (χ1n) is 4.62. The van der Waals surface area contributed by atoms with Gasteiger partial charge in [-0.25, -0.2) is 4.98 Å². The van der Waals surface area contributed by atoms with E-state index in [-0.39, 0.29) is 5.75 Å². The average molecular weight is 236 g/mol. The maximum absolute atomic E-state index is 9.13. The third-order valence-corrected chi connectivity index (χ3v) is 2.15. The van der Waals surface area contributed by atoms with Crippen molar-refractivity contribution in [2.75, 3.05) is 11.1 Å². The van der Waals surface area contributed by atoms with Crippen LogP contribution in [0.5, 0.6) is 5.75 Å². The van der Waals surface area contributed by atoms with E-state index in [0.717, 1.165) is 5.69 Å². The molecule has 82 valence electrons. The first-order valence-corrected chi connectivity index (χ1v) is 5.00. The number of nitrogens with one attached hydrogen (secondary N) is 1. The van der Waals surface area contributed by atoms with Gasteiger partial charge in [-0.1, -0.05) is 11.6 Å². The Morgan fingerprint density at radius 3 is 2.50 bits per heavy atom. The molecule has 0 saturated carbocycles. The minimum atomic E-state index is 0.212. The van der Waals surface area contributed by atoms with Gasteiger partial charge in [-0.3, -0.25) is 0 Å². The largest absolute Gasteiger partial charge is 0.508 e. The molecule has 0 bridgehead atoms. The molecule has 0 fully saturated rings. The first-order chi connectivity index (χ1) is 7.63. The fourth-order valence-electron chi connectivity index (χ4n) is 1.27. The highest BCUT2D eigenvalue weighted by Crippen LogP contribution is 2.21. The highest BCUT2D eigenvalue weighted by Gasteiger charge is 1.99. The van der Waals surface area contributed by atoms with Crippen molar-refractivity contribution in [3.63, 3.8) is 0 Å². The Morgan fingerprint density at radius 1 is 1.19 bits per heavy atom. The summed E-state index contributed by atoms with van der Waals surface area (Å²) in [5, 5.41) is 12.5. The van der Waals surface area contributed by atoms with Crippen LogP contribution >= 0.6 is 11.6 Å². The minimum Gasteiger partial charge on any atom is -0.508 e. The summed E-state index contributed by atoms with van der Waals surface area (Å²) in [6.45, 7) is 0. The molecule has 0 atom stereocenters. The Bertz CT molecular complexity index is 479. The van der Waals surface area contributed by atoms with Crippen molar-refractivity contribution in [2.24, 2.45) is 0 Å². The number of aromatic hydroxyl groups is 1. The highest BCUT2D eigenvalue weighted by atomic mass is 35.5. The van der Waals surface area contributed by atoms with E-state index in [1.165, 1.54) is 0 Å². The normalized spacial score (nSPS) is 10.1. The summed E-state index contributed by atoms with van der Waals surface area (Å²) in [6.07, 6.45) is 0. The van der Waals surface area contributed by atoms with Gasteiger partial charge in [-0.15, -0.1) is 0 Å². The Balaban J connectivity index is 2.23. The van der Waals surface area contributed by atoms with Gasteiger partial charge in [-0.05, 0) is 30.3 Å². The summed E-state index contributed by atoms with van der Waals surface area (Å²) in [5.41, 5.74) is 6.97. The molecule has 0 saturated heterocycles. The zero-order valence-corrected chi connectivity index (χ0v) is 9.07. The lowest BCUT2D eigenvalue weighted by Gasteiger charge is -2.06. The van der Waals surface area contributed by atoms with Crippen molar-refractivity contribution < 1.29 is 5.11 Å². The molecule has 0 aliphatic rings. The summed E-state index contributed by atoms with van der Waals surface area (Å²) in [4.78, 5) is 4.06. The molecule has 0 amide bonds. The number of phenolic OH excluding ortho intramolecular Hbond substituents is 1. The van der Waals surface area contributed by atoms with Crippen LogP contribution in [0.1, 0.15) is 0 Å². The number of phenols is 1. The lowest BCUT2D eigenvalue weighted by Crippen LogP contribution is -1.95. The van der Waals surface area contributed by atoms with Crippen LogP contribution in [0.15, 0.2) is 36.4 Å². The average Bonchev–Trinajstić information content (AvgIpc) is 2.20. The predicted octanol–water partition coefficient (Wildman–Crippen LogP) is 2.77. The molecule has 4 N–H and O–H groups in total. The molecule has 1 aromatic carbocycles. The summed E-state index contributed by atoms with van der Waals surface area (Å²) in [5.74, 6) is 0.778. The van der Waals surface area contributed by atoms with Gasteiger partial charge in [0.15, 0.2) is 0 Å². The molecule has 1 heterocycles. The maximum Gasteiger partial charge on any atom is 0.134 e. The number of rotatable bonds is 2. The summed E-state index contributed by atoms with van der Waals surface area (Å²) < 4.78 is 0. The number of nitrogen functional groups attached to an aromatic ring is 1. The lowest BCUT2D eigenvalue weighted by atomic mass is 10.3. The van der Waals surface area contributed by atoms with Gasteiger partial charge in [0.05, 0.1) is 0 Å². The number of hydrogen-bond acceptors (Lipinski definition) is 4. The van der Waals surface area contributed by atoms with Crippen molar-refractivity contribution in [2.45, 2.75) is 0 Å². The zero-order chi connectivity index (χ0) is 11.5. The molecule has 2 rings (SSSR count). The Hall–Kier alpha value is -1.94. The maximum atomic E-state index is 9.13. The van der Waals surface area contributed by atoms with Crippen molar-refractivity contribution in [1.29, 1.82) is 0 Å². The first kappa shape index (κ1) is 10.6. The van der Waals surface area contributed by atoms with Crippen LogP contribution in [-0.2, 0) is 0 Å². The quantitative estimate of drug-likeness (QED) is 0.553. The molecule has 16 heavy (non-hydrogen) atoms. The Morgan fingerprint density at radius 2 is 1.88 bits per heavy atom. The monoisotopic (exact) mass is 235 g/mol. The van der Waals surface area contributed by atoms with Gasteiger partial charge in [-0.2, -0.15) is 0 Å². The zero-order valence-electron chi connectivity index (χ0n) is 8.31. The van der Waals surface area contributed by atoms with Crippen molar-refractivity contribution in [1.82, 2.24) is 4.98 Å². The van der Waals surface area contributed by atoms with Crippen LogP contribution in [-0.4, -0.2) is 10.1 Å². The fraction of sp³-hybridized carbons (Fsp3) is 0. The van der Waals surface area contributed by atoms with Crippen LogP contribution in [0.3, 0.4) is 0 Å². The molecular formula is C11H10ClN3O. The van der Waals surface area contributed by atoms with Gasteiger partial charge >= 0.3 is 0 Å². The topological polar surface area (TPSA) is 71.2 Å². The number of pyridine rings is 1. The summed E-state index contributed by atoms with van der Waals surface area (Å²) >= 11 is 5.77. The standard InChI is InChI=1S/C11H10ClN3O/c12-10-5-7(13)6-11(15-10)14-8-1-3-9(16)4-2-8/h1-6,16H,(H3,13,14,15). The molecule has 0 aliphatic carbocycles. The molecule has 0 aliphatic heterocycles. The van der Waals surface area contributed by atoms with Gasteiger partial charge in [0.2, 0.25) is 0 Å². The molecule has 0 unspecified atom stereocenters. The minimum absolute atomic E-state index is 0.212. The van der Waals surface area contributed by atoms with Crippen LogP contribution in [0.25, 0.3) is 0 Å². The van der Waals surface area contributed by atoms with Crippen molar-refractivity contribution in [3.05, 3.63) is 41.6 Å². The molecule has 0 spiro atoms. The van der Waals surface area contributed by atoms with Crippen LogP contribution in [0.4, 0.5) is 17.2 Å². The van der Waals surface area contributed by atoms with E-state index < -0.39 is 0 Å². The molecule has 5 heteroatoms. The van der Waals surface area contributed by atoms with Crippen LogP contribution < -0.4 is 11.1 Å². The number of nitrogens with zero attached hydrogens (tertiary/aromatic N) is 1. The van der Waals surface area contributed by atoms with Gasteiger partial charge in [0.25, 0.3) is 0 Å². The van der Waals surface area contributed by atoms with Gasteiger partial charge in [0.1, 0.15) is 16.7 Å². The van der Waals surface area contributed by atoms with Crippen molar-refractivity contribution in [3.8, 4) is 5.75 Å². The van der Waals surface area contributed by atoms with E-state index in [9.17, 15) is 0 Å². The number of aromatic nitrogens is 1. The predicted molar refractivity (Wildman–Crippen MR) is 65.0 cm³/mol. The number of benzene rings is 1. The number of hydrogen-bond donors (Lipinski definition) is 3. The second-order valence-corrected chi connectivity index (χ2v) is 3.67. The van der Waals surface area contributed by atoms with Crippen LogP contribution in [0, 0.1) is 0 Å². The SMILES string of the molecule is Nc1cc(Cl)nc(Nc2ccc(O)cc2)c1. The van der Waals surface area contributed by atoms with E-state index in [2.05, 4.69) is 10.3 Å². The number of nitrogens with two attached hydrogens (primary N) is 1. The number of halogens is 1. The Kier molecular flexibility index (Phi) is 2.83. The van der Waals surface area contributed by atoms with E-state index >= 15 is 0 Å². The van der Waals surface area contributed by atoms with E-state index in [0.29, 0.717) is 16.7 Å². The smallest absolute Gasteiger partial charge is 0.134 e. The second kappa shape index (κ2) is 4.28. The van der Waals surface area contributed by atoms with E-state index in [1.807, 2.05) is 0 Å². The molecule has 0 radical (unpaired) electrons. The van der Waals surface area contributed by atoms with E-state index in [1.54, 1.807) is 36.4 Å². The molecule has 4 nitrogen and oxygen atoms in total. The van der Waals surface area contributed by atoms with Crippen LogP contribution in [0.2, 0.25) is 5.15 Å². The van der Waals surface area contributed by atoms with Gasteiger partial charge in [0, 0.05) is 17.4 Å². The third-order valence-electron chi connectivity index (χ3n) is 1.96. The summed E-state index contributed by atoms with van der Waals surface area (Å²) in [7, 11) is 0. The number of anilines is 3. The third kappa shape index (κ3) is 2.55. The molecule has 1 aromatic heterocycles. The Labute approximate surface area is 97.7 Å². The second-order valence-electron chi connectivity index (χ2n) is 3.28. The highest BCUT2D eigenvalue weighted by molar-refractivity contribution is 6.29. The van der Waals surface area contributed by atoms with E-state index in [4.69, 9.17) is 22.4 Å². The summed E-state index contributed by atoms with van der Waals surface area (Å²) in [6, 6.07) is 9.87. The molecular weight excluding hydrogens is 226 g/mol. The van der Waals surface area contributed by atoms with Gasteiger partial charge < -0.3 is 16.2 Å². The lowest BCUT2D eigenvalue weighted by molar-refractivity contribution is 0.475. The molecule has 2 aromatic rings. The fourth-order valence-corrected chi connectivity index (χ4v) is 1.49.